The second-order valence-corrected chi connectivity index (χ2v) is 21.3. The van der Waals surface area contributed by atoms with Gasteiger partial charge in [0.05, 0.1) is 40.3 Å². The molecule has 0 radical (unpaired) electrons. The smallest absolute Gasteiger partial charge is 0.306 e. The van der Waals surface area contributed by atoms with E-state index in [9.17, 15) is 19.5 Å². The summed E-state index contributed by atoms with van der Waals surface area (Å²) in [5.74, 6) is -2.40. The van der Waals surface area contributed by atoms with Gasteiger partial charge in [-0.05, 0) is 83.5 Å². The zero-order valence-corrected chi connectivity index (χ0v) is 48.9. The van der Waals surface area contributed by atoms with E-state index in [1.165, 1.54) is 148 Å². The molecule has 2 atom stereocenters. The third-order valence-corrected chi connectivity index (χ3v) is 12.8. The Kier molecular flexibility index (Phi) is 53.6. The quantitative estimate of drug-likeness (QED) is 0.0195. The molecule has 75 heavy (non-hydrogen) atoms. The average molecular weight is 1050 g/mol. The second kappa shape index (κ2) is 56.4. The summed E-state index contributed by atoms with van der Waals surface area (Å²) in [5, 5.41) is 11.8. The molecule has 0 rings (SSSR count). The van der Waals surface area contributed by atoms with Crippen molar-refractivity contribution in [2.24, 2.45) is 0 Å². The van der Waals surface area contributed by atoms with Gasteiger partial charge in [0.2, 0.25) is 0 Å². The number of hydrogen-bond donors (Lipinski definition) is 0. The molecule has 0 aliphatic heterocycles. The fourth-order valence-corrected chi connectivity index (χ4v) is 8.18. The Hall–Kier alpha value is -3.79. The van der Waals surface area contributed by atoms with E-state index >= 15 is 0 Å². The summed E-state index contributed by atoms with van der Waals surface area (Å²) < 4.78 is 22.6. The number of hydrogen-bond acceptors (Lipinski definition) is 8. The summed E-state index contributed by atoms with van der Waals surface area (Å²) in [6.45, 7) is 4.54. The van der Waals surface area contributed by atoms with Crippen molar-refractivity contribution in [2.75, 3.05) is 47.5 Å². The Balaban J connectivity index is 4.21. The first-order valence-corrected chi connectivity index (χ1v) is 30.4. The number of nitrogens with zero attached hydrogens (tertiary/aromatic N) is 1. The molecule has 0 aromatic heterocycles. The van der Waals surface area contributed by atoms with Crippen molar-refractivity contribution >= 4 is 17.9 Å². The third-order valence-electron chi connectivity index (χ3n) is 12.8. The van der Waals surface area contributed by atoms with Crippen LogP contribution in [0.2, 0.25) is 0 Å². The molecule has 0 heterocycles. The van der Waals surface area contributed by atoms with Gasteiger partial charge in [-0.15, -0.1) is 0 Å². The molecular formula is C66H113NO8. The Morgan fingerprint density at radius 3 is 1.19 bits per heavy atom. The topological polar surface area (TPSA) is 111 Å². The lowest BCUT2D eigenvalue weighted by Gasteiger charge is -2.26. The Morgan fingerprint density at radius 2 is 0.787 bits per heavy atom. The number of quaternary nitrogens is 1. The molecule has 0 spiro atoms. The summed E-state index contributed by atoms with van der Waals surface area (Å²) in [6.07, 6.45) is 73.5. The second-order valence-electron chi connectivity index (χ2n) is 21.3. The van der Waals surface area contributed by atoms with Crippen LogP contribution >= 0.6 is 0 Å². The molecule has 2 unspecified atom stereocenters. The van der Waals surface area contributed by atoms with Crippen LogP contribution in [0.3, 0.4) is 0 Å². The zero-order chi connectivity index (χ0) is 54.8. The van der Waals surface area contributed by atoms with E-state index in [-0.39, 0.29) is 38.6 Å². The molecule has 0 aromatic carbocycles. The lowest BCUT2D eigenvalue weighted by Crippen LogP contribution is -2.44. The number of carbonyl (C=O) groups excluding carboxylic acids is 3. The van der Waals surface area contributed by atoms with E-state index in [2.05, 4.69) is 98.9 Å². The van der Waals surface area contributed by atoms with Crippen molar-refractivity contribution in [3.05, 3.63) is 97.2 Å². The Labute approximate surface area is 461 Å². The monoisotopic (exact) mass is 1050 g/mol. The number of esters is 2. The highest BCUT2D eigenvalue weighted by atomic mass is 16.7. The van der Waals surface area contributed by atoms with Crippen LogP contribution in [0.15, 0.2) is 97.2 Å². The summed E-state index contributed by atoms with van der Waals surface area (Å²) in [5.41, 5.74) is 0. The molecule has 0 N–H and O–H groups in total. The highest BCUT2D eigenvalue weighted by Crippen LogP contribution is 2.16. The van der Waals surface area contributed by atoms with Gasteiger partial charge >= 0.3 is 11.9 Å². The summed E-state index contributed by atoms with van der Waals surface area (Å²) in [4.78, 5) is 37.3. The first-order valence-electron chi connectivity index (χ1n) is 30.4. The Morgan fingerprint density at radius 1 is 0.413 bits per heavy atom. The molecule has 0 aromatic rings. The van der Waals surface area contributed by atoms with Crippen molar-refractivity contribution in [1.82, 2.24) is 0 Å². The maximum absolute atomic E-state index is 12.8. The minimum absolute atomic E-state index is 0.119. The van der Waals surface area contributed by atoms with E-state index in [1.807, 2.05) is 33.3 Å². The number of likely N-dealkylation sites (N-methyl/N-ethyl adjacent to an activating group) is 1. The van der Waals surface area contributed by atoms with Crippen LogP contribution in [-0.4, -0.2) is 82.3 Å². The standard InChI is InChI=1S/C66H113NO8/c1-6-8-10-12-14-16-18-20-22-24-26-27-28-29-30-31-32-33-34-35-36-37-39-40-42-44-46-48-50-52-54-56-63(68)73-60-62(61-74-66(65(70)71)72-59-58-67(3,4)5)75-64(69)57-55-53-51-49-47-45-43-41-38-25-23-21-19-17-15-13-11-9-7-2/h9,11,15,17-18,20-21,23-24,26,38,41,45,47,51,53,62,66H,6-8,10,12-14,16,19,22,25,27-37,39-40,42-44,46,48-50,52,54-61H2,1-5H3/b11-9-,17-15-,20-18-,23-21-,26-24-,41-38-,47-45-,53-51-. The van der Waals surface area contributed by atoms with Crippen molar-refractivity contribution < 1.29 is 42.9 Å². The SMILES string of the molecule is CC/C=C\C/C=C\C/C=C\C/C=C\C/C=C\C/C=C\CCC(=O)OC(COC(=O)CCCCCCCCCCCCCCCCCCCCC/C=C\C/C=C\CCCCCCC)COC(OCC[N+](C)(C)C)C(=O)[O-]. The van der Waals surface area contributed by atoms with Crippen LogP contribution in [0.5, 0.6) is 0 Å². The van der Waals surface area contributed by atoms with Gasteiger partial charge in [0.15, 0.2) is 12.4 Å². The highest BCUT2D eigenvalue weighted by Gasteiger charge is 2.21. The summed E-state index contributed by atoms with van der Waals surface area (Å²) >= 11 is 0. The Bertz CT molecular complexity index is 1550. The number of allylic oxidation sites excluding steroid dienone is 16. The van der Waals surface area contributed by atoms with Crippen LogP contribution in [-0.2, 0) is 33.3 Å². The molecular weight excluding hydrogens is 935 g/mol. The lowest BCUT2D eigenvalue weighted by molar-refractivity contribution is -0.870. The van der Waals surface area contributed by atoms with E-state index in [0.717, 1.165) is 64.2 Å². The highest BCUT2D eigenvalue weighted by molar-refractivity contribution is 5.70. The van der Waals surface area contributed by atoms with E-state index < -0.39 is 24.3 Å². The molecule has 0 saturated carbocycles. The number of carbonyl (C=O) groups is 3. The number of ether oxygens (including phenoxy) is 4. The normalized spacial score (nSPS) is 13.5. The average Bonchev–Trinajstić information content (AvgIpc) is 3.38. The van der Waals surface area contributed by atoms with E-state index in [1.54, 1.807) is 0 Å². The zero-order valence-electron chi connectivity index (χ0n) is 48.9. The van der Waals surface area contributed by atoms with Crippen molar-refractivity contribution in [3.63, 3.8) is 0 Å². The predicted molar refractivity (Wildman–Crippen MR) is 315 cm³/mol. The van der Waals surface area contributed by atoms with Gasteiger partial charge in [-0.25, -0.2) is 0 Å². The third kappa shape index (κ3) is 57.7. The molecule has 0 aliphatic carbocycles. The van der Waals surface area contributed by atoms with E-state index in [0.29, 0.717) is 17.4 Å². The molecule has 0 bridgehead atoms. The molecule has 0 aliphatic rings. The van der Waals surface area contributed by atoms with Crippen LogP contribution in [0.25, 0.3) is 0 Å². The van der Waals surface area contributed by atoms with Gasteiger partial charge in [-0.1, -0.05) is 246 Å². The van der Waals surface area contributed by atoms with Crippen LogP contribution in [0, 0.1) is 0 Å². The molecule has 0 saturated heterocycles. The van der Waals surface area contributed by atoms with Gasteiger partial charge in [-0.2, -0.15) is 0 Å². The van der Waals surface area contributed by atoms with E-state index in [4.69, 9.17) is 18.9 Å². The minimum Gasteiger partial charge on any atom is -0.545 e. The van der Waals surface area contributed by atoms with Gasteiger partial charge in [0.1, 0.15) is 13.2 Å². The first kappa shape index (κ1) is 71.2. The van der Waals surface area contributed by atoms with Crippen molar-refractivity contribution in [1.29, 1.82) is 0 Å². The molecule has 0 fully saturated rings. The molecule has 0 amide bonds. The van der Waals surface area contributed by atoms with Crippen LogP contribution in [0.1, 0.15) is 245 Å². The fraction of sp³-hybridized carbons (Fsp3) is 0.712. The number of carboxylic acids is 1. The number of unbranched alkanes of at least 4 members (excludes halogenated alkanes) is 24. The summed E-state index contributed by atoms with van der Waals surface area (Å²) in [6, 6.07) is 0. The number of aliphatic carboxylic acids is 1. The van der Waals surface area contributed by atoms with Gasteiger partial charge in [-0.3, -0.25) is 9.59 Å². The summed E-state index contributed by atoms with van der Waals surface area (Å²) in [7, 11) is 5.89. The predicted octanol–water partition coefficient (Wildman–Crippen LogP) is 16.8. The molecule has 430 valence electrons. The number of rotatable bonds is 55. The maximum Gasteiger partial charge on any atom is 0.306 e. The van der Waals surface area contributed by atoms with Crippen LogP contribution < -0.4 is 5.11 Å². The molecule has 9 heteroatoms. The van der Waals surface area contributed by atoms with Gasteiger partial charge in [0, 0.05) is 12.8 Å². The lowest BCUT2D eigenvalue weighted by atomic mass is 10.0. The van der Waals surface area contributed by atoms with Crippen molar-refractivity contribution in [2.45, 2.75) is 257 Å². The largest absolute Gasteiger partial charge is 0.545 e. The van der Waals surface area contributed by atoms with Crippen LogP contribution in [0.4, 0.5) is 0 Å². The van der Waals surface area contributed by atoms with Gasteiger partial charge < -0.3 is 33.3 Å². The maximum atomic E-state index is 12.8. The minimum atomic E-state index is -1.65. The number of carboxylic acid groups (broad SMARTS) is 1. The first-order chi connectivity index (χ1) is 36.6. The van der Waals surface area contributed by atoms with Crippen molar-refractivity contribution in [3.8, 4) is 0 Å². The van der Waals surface area contributed by atoms with Gasteiger partial charge in [0.25, 0.3) is 0 Å². The molecule has 9 nitrogen and oxygen atoms in total. The fourth-order valence-electron chi connectivity index (χ4n) is 8.18.